The average Bonchev–Trinajstić information content (AvgIpc) is 2.73. The molecule has 0 radical (unpaired) electrons. The minimum Gasteiger partial charge on any atom is -0.507 e. The normalized spacial score (nSPS) is 13.3. The summed E-state index contributed by atoms with van der Waals surface area (Å²) in [4.78, 5) is 11.6. The Balaban J connectivity index is 1.87. The number of amides is 1. The van der Waals surface area contributed by atoms with Gasteiger partial charge in [0.2, 0.25) is 12.7 Å². The number of aromatic hydroxyl groups is 1. The number of carbonyl (C=O) groups excluding carboxylic acids is 1. The predicted molar refractivity (Wildman–Crippen MR) is 73.8 cm³/mol. The van der Waals surface area contributed by atoms with Crippen LogP contribution in [0.15, 0.2) is 12.1 Å². The van der Waals surface area contributed by atoms with Crippen molar-refractivity contribution in [2.45, 2.75) is 32.9 Å². The average molecular weight is 280 g/mol. The molecule has 1 amide bonds. The Morgan fingerprint density at radius 3 is 2.60 bits per heavy atom. The van der Waals surface area contributed by atoms with Crippen molar-refractivity contribution in [1.29, 1.82) is 0 Å². The van der Waals surface area contributed by atoms with Gasteiger partial charge in [-0.3, -0.25) is 4.79 Å². The molecule has 1 aliphatic rings. The van der Waals surface area contributed by atoms with Gasteiger partial charge in [0.1, 0.15) is 5.75 Å². The first-order chi connectivity index (χ1) is 9.35. The summed E-state index contributed by atoms with van der Waals surface area (Å²) in [5.41, 5.74) is 0.414. The highest BCUT2D eigenvalue weighted by Crippen LogP contribution is 2.37. The van der Waals surface area contributed by atoms with Crippen molar-refractivity contribution >= 4 is 5.91 Å². The van der Waals surface area contributed by atoms with E-state index in [1.165, 1.54) is 6.07 Å². The maximum atomic E-state index is 11.6. The van der Waals surface area contributed by atoms with E-state index in [9.17, 15) is 9.90 Å². The number of hydrogen-bond donors (Lipinski definition) is 3. The topological polar surface area (TPSA) is 79.8 Å². The third-order valence-electron chi connectivity index (χ3n) is 2.69. The molecule has 1 aromatic carbocycles. The second kappa shape index (κ2) is 5.58. The molecule has 1 aliphatic heterocycles. The molecule has 2 rings (SSSR count). The van der Waals surface area contributed by atoms with Crippen molar-refractivity contribution in [1.82, 2.24) is 10.6 Å². The smallest absolute Gasteiger partial charge is 0.234 e. The number of nitrogens with one attached hydrogen (secondary N) is 2. The zero-order chi connectivity index (χ0) is 14.8. The maximum absolute atomic E-state index is 11.6. The van der Waals surface area contributed by atoms with Crippen molar-refractivity contribution in [3.63, 3.8) is 0 Å². The quantitative estimate of drug-likeness (QED) is 0.770. The van der Waals surface area contributed by atoms with Gasteiger partial charge in [0.05, 0.1) is 6.54 Å². The zero-order valence-corrected chi connectivity index (χ0v) is 11.9. The van der Waals surface area contributed by atoms with Crippen molar-refractivity contribution in [2.75, 3.05) is 13.3 Å². The number of phenolic OH excluding ortho intramolecular Hbond substituents is 1. The van der Waals surface area contributed by atoms with Gasteiger partial charge in [0.25, 0.3) is 0 Å². The fraction of sp³-hybridized carbons (Fsp3) is 0.500. The van der Waals surface area contributed by atoms with E-state index in [1.807, 2.05) is 20.8 Å². The first-order valence-corrected chi connectivity index (χ1v) is 6.48. The number of carbonyl (C=O) groups is 1. The number of fused-ring (bicyclic) bond motifs is 1. The molecule has 0 fully saturated rings. The Morgan fingerprint density at radius 1 is 1.30 bits per heavy atom. The summed E-state index contributed by atoms with van der Waals surface area (Å²) in [6.45, 7) is 6.50. The molecular weight excluding hydrogens is 260 g/mol. The van der Waals surface area contributed by atoms with Crippen molar-refractivity contribution in [3.05, 3.63) is 17.7 Å². The molecule has 6 heteroatoms. The lowest BCUT2D eigenvalue weighted by Gasteiger charge is -2.20. The Morgan fingerprint density at radius 2 is 1.95 bits per heavy atom. The lowest BCUT2D eigenvalue weighted by atomic mass is 10.1. The molecule has 0 atom stereocenters. The highest BCUT2D eigenvalue weighted by Gasteiger charge is 2.17. The summed E-state index contributed by atoms with van der Waals surface area (Å²) < 4.78 is 10.4. The predicted octanol–water partition coefficient (Wildman–Crippen LogP) is 1.13. The number of phenols is 1. The standard InChI is InChI=1S/C14H20N2O4/c1-14(2,3)16-13(18)7-15-6-9-4-11-12(5-10(9)17)20-8-19-11/h4-5,15,17H,6-8H2,1-3H3,(H,16,18). The summed E-state index contributed by atoms with van der Waals surface area (Å²) in [5, 5.41) is 15.7. The summed E-state index contributed by atoms with van der Waals surface area (Å²) in [5.74, 6) is 1.19. The van der Waals surface area contributed by atoms with E-state index < -0.39 is 0 Å². The van der Waals surface area contributed by atoms with Gasteiger partial charge in [-0.05, 0) is 26.8 Å². The summed E-state index contributed by atoms with van der Waals surface area (Å²) in [6.07, 6.45) is 0. The van der Waals surface area contributed by atoms with Crippen LogP contribution in [-0.2, 0) is 11.3 Å². The second-order valence-electron chi connectivity index (χ2n) is 5.74. The van der Waals surface area contributed by atoms with Gasteiger partial charge in [0, 0.05) is 23.7 Å². The van der Waals surface area contributed by atoms with Gasteiger partial charge in [-0.15, -0.1) is 0 Å². The van der Waals surface area contributed by atoms with Crippen LogP contribution in [0, 0.1) is 0 Å². The SMILES string of the molecule is CC(C)(C)NC(=O)CNCc1cc2c(cc1O)OCO2. The van der Waals surface area contributed by atoms with Gasteiger partial charge in [-0.2, -0.15) is 0 Å². The largest absolute Gasteiger partial charge is 0.507 e. The lowest BCUT2D eigenvalue weighted by Crippen LogP contribution is -2.44. The Labute approximate surface area is 118 Å². The van der Waals surface area contributed by atoms with E-state index in [2.05, 4.69) is 10.6 Å². The van der Waals surface area contributed by atoms with Crippen molar-refractivity contribution in [2.24, 2.45) is 0 Å². The summed E-state index contributed by atoms with van der Waals surface area (Å²) in [7, 11) is 0. The van der Waals surface area contributed by atoms with E-state index >= 15 is 0 Å². The molecule has 0 spiro atoms. The number of rotatable bonds is 4. The fourth-order valence-electron chi connectivity index (χ4n) is 1.89. The Hall–Kier alpha value is -1.95. The van der Waals surface area contributed by atoms with E-state index in [0.717, 1.165) is 0 Å². The van der Waals surface area contributed by atoms with Crippen LogP contribution in [0.4, 0.5) is 0 Å². The van der Waals surface area contributed by atoms with Crippen LogP contribution in [0.3, 0.4) is 0 Å². The molecule has 110 valence electrons. The minimum atomic E-state index is -0.250. The molecule has 20 heavy (non-hydrogen) atoms. The molecular formula is C14H20N2O4. The monoisotopic (exact) mass is 280 g/mol. The van der Waals surface area contributed by atoms with E-state index in [-0.39, 0.29) is 30.5 Å². The minimum absolute atomic E-state index is 0.0854. The van der Waals surface area contributed by atoms with E-state index in [1.54, 1.807) is 6.07 Å². The van der Waals surface area contributed by atoms with Crippen LogP contribution < -0.4 is 20.1 Å². The molecule has 0 aromatic heterocycles. The van der Waals surface area contributed by atoms with Crippen LogP contribution >= 0.6 is 0 Å². The molecule has 1 heterocycles. The van der Waals surface area contributed by atoms with Crippen LogP contribution in [0.5, 0.6) is 17.2 Å². The van der Waals surface area contributed by atoms with Crippen molar-refractivity contribution in [3.8, 4) is 17.2 Å². The number of benzene rings is 1. The number of ether oxygens (including phenoxy) is 2. The van der Waals surface area contributed by atoms with Crippen LogP contribution in [0.2, 0.25) is 0 Å². The van der Waals surface area contributed by atoms with Crippen LogP contribution in [0.25, 0.3) is 0 Å². The third kappa shape index (κ3) is 3.77. The van der Waals surface area contributed by atoms with Crippen LogP contribution in [-0.4, -0.2) is 29.9 Å². The highest BCUT2D eigenvalue weighted by atomic mass is 16.7. The first-order valence-electron chi connectivity index (χ1n) is 6.48. The Kier molecular flexibility index (Phi) is 4.04. The summed E-state index contributed by atoms with van der Waals surface area (Å²) in [6, 6.07) is 3.24. The fourth-order valence-corrected chi connectivity index (χ4v) is 1.89. The Bertz CT molecular complexity index is 509. The second-order valence-corrected chi connectivity index (χ2v) is 5.74. The van der Waals surface area contributed by atoms with Gasteiger partial charge in [-0.25, -0.2) is 0 Å². The molecule has 0 bridgehead atoms. The lowest BCUT2D eigenvalue weighted by molar-refractivity contribution is -0.121. The van der Waals surface area contributed by atoms with E-state index in [4.69, 9.17) is 9.47 Å². The third-order valence-corrected chi connectivity index (χ3v) is 2.69. The molecule has 0 aliphatic carbocycles. The highest BCUT2D eigenvalue weighted by molar-refractivity contribution is 5.78. The number of hydrogen-bond acceptors (Lipinski definition) is 5. The molecule has 0 unspecified atom stereocenters. The molecule has 6 nitrogen and oxygen atoms in total. The molecule has 0 saturated heterocycles. The zero-order valence-electron chi connectivity index (χ0n) is 11.9. The molecule has 3 N–H and O–H groups in total. The van der Waals surface area contributed by atoms with Gasteiger partial charge in [0.15, 0.2) is 11.5 Å². The van der Waals surface area contributed by atoms with Crippen molar-refractivity contribution < 1.29 is 19.4 Å². The first kappa shape index (κ1) is 14.5. The molecule has 0 saturated carbocycles. The van der Waals surface area contributed by atoms with Crippen LogP contribution in [0.1, 0.15) is 26.3 Å². The maximum Gasteiger partial charge on any atom is 0.234 e. The molecule has 1 aromatic rings. The summed E-state index contributed by atoms with van der Waals surface area (Å²) >= 11 is 0. The van der Waals surface area contributed by atoms with E-state index in [0.29, 0.717) is 23.6 Å². The van der Waals surface area contributed by atoms with Gasteiger partial charge >= 0.3 is 0 Å². The van der Waals surface area contributed by atoms with Gasteiger partial charge < -0.3 is 25.2 Å². The van der Waals surface area contributed by atoms with Gasteiger partial charge in [-0.1, -0.05) is 0 Å².